The first kappa shape index (κ1) is 20.8. The van der Waals surface area contributed by atoms with Crippen LogP contribution in [0.15, 0.2) is 42.5 Å². The van der Waals surface area contributed by atoms with Crippen LogP contribution in [-0.2, 0) is 4.74 Å². The van der Waals surface area contributed by atoms with Crippen LogP contribution in [0.25, 0.3) is 10.2 Å². The van der Waals surface area contributed by atoms with Crippen molar-refractivity contribution in [2.75, 3.05) is 24.7 Å². The van der Waals surface area contributed by atoms with Crippen molar-refractivity contribution in [3.8, 4) is 5.75 Å². The summed E-state index contributed by atoms with van der Waals surface area (Å²) < 4.78 is 12.5. The monoisotopic (exact) mass is 424 g/mol. The van der Waals surface area contributed by atoms with Crippen molar-refractivity contribution in [2.24, 2.45) is 0 Å². The van der Waals surface area contributed by atoms with Gasteiger partial charge in [-0.25, -0.2) is 4.98 Å². The first-order chi connectivity index (χ1) is 14.6. The lowest BCUT2D eigenvalue weighted by molar-refractivity contribution is 0.0917. The van der Waals surface area contributed by atoms with E-state index >= 15 is 0 Å². The predicted molar refractivity (Wildman–Crippen MR) is 122 cm³/mol. The maximum Gasteiger partial charge on any atom is 0.260 e. The first-order valence-electron chi connectivity index (χ1n) is 10.6. The van der Waals surface area contributed by atoms with Crippen molar-refractivity contribution in [2.45, 2.75) is 45.6 Å². The molecule has 1 aliphatic heterocycles. The van der Waals surface area contributed by atoms with Crippen LogP contribution in [-0.4, -0.2) is 36.8 Å². The van der Waals surface area contributed by atoms with Crippen LogP contribution in [0.4, 0.5) is 5.13 Å². The summed E-state index contributed by atoms with van der Waals surface area (Å²) in [5.74, 6) is 1.08. The Morgan fingerprint density at radius 2 is 2.07 bits per heavy atom. The van der Waals surface area contributed by atoms with E-state index < -0.39 is 0 Å². The molecule has 4 rings (SSSR count). The molecule has 1 fully saturated rings. The van der Waals surface area contributed by atoms with Crippen molar-refractivity contribution in [3.05, 3.63) is 53.6 Å². The molecule has 0 N–H and O–H groups in total. The second-order valence-electron chi connectivity index (χ2n) is 7.85. The number of para-hydroxylation sites is 1. The van der Waals surface area contributed by atoms with Crippen molar-refractivity contribution in [3.63, 3.8) is 0 Å². The van der Waals surface area contributed by atoms with Crippen molar-refractivity contribution < 1.29 is 14.3 Å². The number of carbonyl (C=O) groups excluding carboxylic acids is 1. The van der Waals surface area contributed by atoms with Gasteiger partial charge in [-0.3, -0.25) is 9.69 Å². The van der Waals surface area contributed by atoms with Crippen molar-refractivity contribution >= 4 is 32.6 Å². The van der Waals surface area contributed by atoms with Crippen LogP contribution in [0.3, 0.4) is 0 Å². The highest BCUT2D eigenvalue weighted by Crippen LogP contribution is 2.34. The highest BCUT2D eigenvalue weighted by molar-refractivity contribution is 7.22. The van der Waals surface area contributed by atoms with Crippen LogP contribution in [0.1, 0.15) is 55.5 Å². The molecule has 0 saturated carbocycles. The number of amides is 1. The van der Waals surface area contributed by atoms with Gasteiger partial charge in [-0.1, -0.05) is 37.3 Å². The molecule has 158 valence electrons. The fourth-order valence-corrected chi connectivity index (χ4v) is 4.80. The number of hydrogen-bond acceptors (Lipinski definition) is 5. The zero-order valence-electron chi connectivity index (χ0n) is 17.8. The molecule has 1 atom stereocenters. The fraction of sp³-hybridized carbons (Fsp3) is 0.417. The van der Waals surface area contributed by atoms with Gasteiger partial charge in [0, 0.05) is 12.2 Å². The molecule has 0 bridgehead atoms. The number of fused-ring (bicyclic) bond motifs is 1. The maximum atomic E-state index is 13.5. The van der Waals surface area contributed by atoms with Gasteiger partial charge in [0.1, 0.15) is 5.75 Å². The maximum absolute atomic E-state index is 13.5. The molecule has 1 unspecified atom stereocenters. The number of thiazole rings is 1. The minimum atomic E-state index is -0.0568. The van der Waals surface area contributed by atoms with Gasteiger partial charge in [-0.2, -0.15) is 0 Å². The minimum absolute atomic E-state index is 0.0493. The Morgan fingerprint density at radius 3 is 2.73 bits per heavy atom. The van der Waals surface area contributed by atoms with Crippen molar-refractivity contribution in [1.82, 2.24) is 4.98 Å². The Morgan fingerprint density at radius 1 is 1.27 bits per heavy atom. The molecule has 1 amide bonds. The molecule has 2 heterocycles. The average Bonchev–Trinajstić information content (AvgIpc) is 3.41. The van der Waals surface area contributed by atoms with E-state index in [9.17, 15) is 4.79 Å². The van der Waals surface area contributed by atoms with E-state index in [0.717, 1.165) is 40.5 Å². The molecular formula is C24H28N2O3S. The van der Waals surface area contributed by atoms with Gasteiger partial charge in [0.2, 0.25) is 0 Å². The topological polar surface area (TPSA) is 51.7 Å². The second-order valence-corrected chi connectivity index (χ2v) is 8.86. The Kier molecular flexibility index (Phi) is 6.35. The Hall–Kier alpha value is -2.44. The van der Waals surface area contributed by atoms with Gasteiger partial charge in [0.15, 0.2) is 5.13 Å². The summed E-state index contributed by atoms with van der Waals surface area (Å²) in [7, 11) is 0. The Balaban J connectivity index is 1.69. The van der Waals surface area contributed by atoms with E-state index in [1.54, 1.807) is 16.2 Å². The number of ether oxygens (including phenoxy) is 2. The summed E-state index contributed by atoms with van der Waals surface area (Å²) in [6.45, 7) is 8.16. The summed E-state index contributed by atoms with van der Waals surface area (Å²) in [6, 6.07) is 13.6. The molecule has 0 spiro atoms. The van der Waals surface area contributed by atoms with E-state index in [1.807, 2.05) is 31.2 Å². The lowest BCUT2D eigenvalue weighted by atomic mass is 10.0. The van der Waals surface area contributed by atoms with Gasteiger partial charge in [0.05, 0.1) is 29.5 Å². The largest absolute Gasteiger partial charge is 0.494 e. The van der Waals surface area contributed by atoms with E-state index in [-0.39, 0.29) is 12.0 Å². The number of aromatic nitrogens is 1. The third-order valence-electron chi connectivity index (χ3n) is 5.36. The summed E-state index contributed by atoms with van der Waals surface area (Å²) in [6.07, 6.45) is 2.05. The highest BCUT2D eigenvalue weighted by Gasteiger charge is 2.27. The van der Waals surface area contributed by atoms with E-state index in [4.69, 9.17) is 14.5 Å². The predicted octanol–water partition coefficient (Wildman–Crippen LogP) is 5.64. The van der Waals surface area contributed by atoms with Gasteiger partial charge in [0.25, 0.3) is 5.91 Å². The van der Waals surface area contributed by atoms with Crippen LogP contribution in [0, 0.1) is 0 Å². The minimum Gasteiger partial charge on any atom is -0.494 e. The van der Waals surface area contributed by atoms with E-state index in [0.29, 0.717) is 24.6 Å². The zero-order valence-corrected chi connectivity index (χ0v) is 18.6. The molecule has 0 radical (unpaired) electrons. The SMILES string of the molecule is CCOc1ccc(C(=O)N(CC2CCCO2)c2nc3c(C(C)C)cccc3s2)cc1. The summed E-state index contributed by atoms with van der Waals surface area (Å²) in [5.41, 5.74) is 2.82. The Bertz CT molecular complexity index is 1010. The molecule has 6 heteroatoms. The molecular weight excluding hydrogens is 396 g/mol. The number of carbonyl (C=O) groups is 1. The Labute approximate surface area is 181 Å². The number of anilines is 1. The number of benzene rings is 2. The third-order valence-corrected chi connectivity index (χ3v) is 6.40. The summed E-state index contributed by atoms with van der Waals surface area (Å²) in [4.78, 5) is 20.2. The molecule has 1 saturated heterocycles. The lowest BCUT2D eigenvalue weighted by Gasteiger charge is -2.23. The van der Waals surface area contributed by atoms with Crippen LogP contribution in [0.2, 0.25) is 0 Å². The van der Waals surface area contributed by atoms with Gasteiger partial charge in [-0.05, 0) is 61.6 Å². The molecule has 1 aromatic heterocycles. The third kappa shape index (κ3) is 4.35. The van der Waals surface area contributed by atoms with E-state index in [2.05, 4.69) is 32.0 Å². The zero-order chi connectivity index (χ0) is 21.1. The summed E-state index contributed by atoms with van der Waals surface area (Å²) in [5, 5.41) is 0.729. The lowest BCUT2D eigenvalue weighted by Crippen LogP contribution is -2.37. The molecule has 1 aliphatic rings. The first-order valence-corrected chi connectivity index (χ1v) is 11.4. The number of nitrogens with zero attached hydrogens (tertiary/aromatic N) is 2. The van der Waals surface area contributed by atoms with Crippen molar-refractivity contribution in [1.29, 1.82) is 0 Å². The van der Waals surface area contributed by atoms with Crippen LogP contribution >= 0.6 is 11.3 Å². The van der Waals surface area contributed by atoms with Crippen LogP contribution < -0.4 is 9.64 Å². The van der Waals surface area contributed by atoms with Gasteiger partial charge < -0.3 is 9.47 Å². The van der Waals surface area contributed by atoms with Gasteiger partial charge >= 0.3 is 0 Å². The quantitative estimate of drug-likeness (QED) is 0.492. The second kappa shape index (κ2) is 9.14. The molecule has 0 aliphatic carbocycles. The smallest absolute Gasteiger partial charge is 0.260 e. The summed E-state index contributed by atoms with van der Waals surface area (Å²) >= 11 is 1.57. The number of rotatable bonds is 7. The van der Waals surface area contributed by atoms with E-state index in [1.165, 1.54) is 5.56 Å². The average molecular weight is 425 g/mol. The number of hydrogen-bond donors (Lipinski definition) is 0. The molecule has 2 aromatic carbocycles. The molecule has 5 nitrogen and oxygen atoms in total. The standard InChI is InChI=1S/C24H28N2O3S/c1-4-28-18-12-10-17(11-13-18)23(27)26(15-19-7-6-14-29-19)24-25-22-20(16(2)3)8-5-9-21(22)30-24/h5,8-13,16,19H,4,6-7,14-15H2,1-3H3. The molecule has 3 aromatic rings. The molecule has 30 heavy (non-hydrogen) atoms. The van der Waals surface area contributed by atoms with Gasteiger partial charge in [-0.15, -0.1) is 0 Å². The normalized spacial score (nSPS) is 16.3. The fourth-order valence-electron chi connectivity index (χ4n) is 3.80. The van der Waals surface area contributed by atoms with Crippen LogP contribution in [0.5, 0.6) is 5.75 Å². The highest BCUT2D eigenvalue weighted by atomic mass is 32.1.